The average Bonchev–Trinajstić information content (AvgIpc) is 3.21. The minimum Gasteiger partial charge on any atom is -0.351 e. The maximum absolute atomic E-state index is 13.7. The lowest BCUT2D eigenvalue weighted by Crippen LogP contribution is -2.54. The first-order chi connectivity index (χ1) is 15.1. The molecule has 3 rings (SSSR count). The topological polar surface area (TPSA) is 95.7 Å². The molecular weight excluding hydrogens is 411 g/mol. The van der Waals surface area contributed by atoms with Crippen LogP contribution in [0.1, 0.15) is 47.1 Å². The molecule has 1 atom stereocenters. The normalized spacial score (nSPS) is 16.2. The number of hydrogen-bond donors (Lipinski definition) is 2. The molecule has 0 spiro atoms. The Kier molecular flexibility index (Phi) is 6.93. The molecular formula is C24H29FN4O3. The fourth-order valence-electron chi connectivity index (χ4n) is 3.69. The number of benzene rings is 2. The minimum atomic E-state index is -1.15. The highest BCUT2D eigenvalue weighted by Gasteiger charge is 2.43. The summed E-state index contributed by atoms with van der Waals surface area (Å²) in [6, 6.07) is 12.5. The Hall–Kier alpha value is -3.26. The van der Waals surface area contributed by atoms with Crippen LogP contribution in [-0.4, -0.2) is 59.9 Å². The van der Waals surface area contributed by atoms with Gasteiger partial charge in [-0.1, -0.05) is 39.0 Å². The molecule has 1 aliphatic heterocycles. The maximum Gasteiger partial charge on any atom is 0.263 e. The van der Waals surface area contributed by atoms with Crippen molar-refractivity contribution in [2.24, 2.45) is 5.73 Å². The zero-order valence-corrected chi connectivity index (χ0v) is 18.6. The smallest absolute Gasteiger partial charge is 0.263 e. The molecule has 1 heterocycles. The van der Waals surface area contributed by atoms with Gasteiger partial charge in [-0.05, 0) is 41.3 Å². The van der Waals surface area contributed by atoms with Crippen LogP contribution in [0.15, 0.2) is 48.5 Å². The zero-order chi connectivity index (χ0) is 23.5. The number of nitrogens with one attached hydrogen (secondary N) is 1. The Labute approximate surface area is 187 Å². The number of amides is 3. The highest BCUT2D eigenvalue weighted by molar-refractivity contribution is 6.02. The third-order valence-electron chi connectivity index (χ3n) is 5.44. The van der Waals surface area contributed by atoms with Crippen molar-refractivity contribution in [3.05, 3.63) is 71.0 Å². The number of nitrogens with two attached hydrogens (primary N) is 1. The molecule has 1 unspecified atom stereocenters. The molecule has 0 aromatic heterocycles. The second-order valence-electron chi connectivity index (χ2n) is 8.79. The van der Waals surface area contributed by atoms with Crippen LogP contribution in [0.5, 0.6) is 0 Å². The van der Waals surface area contributed by atoms with Crippen LogP contribution in [0, 0.1) is 5.82 Å². The fourth-order valence-corrected chi connectivity index (χ4v) is 3.69. The Morgan fingerprint density at radius 1 is 1.00 bits per heavy atom. The van der Waals surface area contributed by atoms with E-state index in [-0.39, 0.29) is 43.1 Å². The number of nitrogens with zero attached hydrogens (tertiary/aromatic N) is 2. The van der Waals surface area contributed by atoms with Crippen molar-refractivity contribution >= 4 is 17.7 Å². The Balaban J connectivity index is 1.89. The molecule has 2 aromatic carbocycles. The van der Waals surface area contributed by atoms with Gasteiger partial charge >= 0.3 is 0 Å². The molecule has 2 aromatic rings. The molecule has 7 nitrogen and oxygen atoms in total. The van der Waals surface area contributed by atoms with E-state index in [0.717, 1.165) is 11.6 Å². The van der Waals surface area contributed by atoms with Gasteiger partial charge in [-0.3, -0.25) is 14.4 Å². The summed E-state index contributed by atoms with van der Waals surface area (Å²) in [5, 5.41) is 2.66. The van der Waals surface area contributed by atoms with E-state index in [1.165, 1.54) is 28.0 Å². The van der Waals surface area contributed by atoms with E-state index >= 15 is 0 Å². The summed E-state index contributed by atoms with van der Waals surface area (Å²) >= 11 is 0. The van der Waals surface area contributed by atoms with E-state index in [4.69, 9.17) is 5.73 Å². The quantitative estimate of drug-likeness (QED) is 0.745. The number of carbonyl (C=O) groups excluding carboxylic acids is 3. The summed E-state index contributed by atoms with van der Waals surface area (Å²) in [4.78, 5) is 41.9. The Morgan fingerprint density at radius 2 is 1.59 bits per heavy atom. The van der Waals surface area contributed by atoms with E-state index in [2.05, 4.69) is 26.1 Å². The van der Waals surface area contributed by atoms with Gasteiger partial charge in [0.25, 0.3) is 17.7 Å². The Morgan fingerprint density at radius 3 is 2.12 bits per heavy atom. The molecule has 3 N–H and O–H groups in total. The number of hydrogen-bond acceptors (Lipinski definition) is 4. The van der Waals surface area contributed by atoms with Gasteiger partial charge in [0.15, 0.2) is 6.17 Å². The highest BCUT2D eigenvalue weighted by Crippen LogP contribution is 2.25. The van der Waals surface area contributed by atoms with Crippen LogP contribution in [0.3, 0.4) is 0 Å². The molecule has 32 heavy (non-hydrogen) atoms. The summed E-state index contributed by atoms with van der Waals surface area (Å²) in [5.41, 5.74) is 7.05. The molecule has 8 heteroatoms. The molecule has 1 aliphatic rings. The van der Waals surface area contributed by atoms with Gasteiger partial charge in [-0.25, -0.2) is 4.39 Å². The van der Waals surface area contributed by atoms with E-state index in [0.29, 0.717) is 5.56 Å². The van der Waals surface area contributed by atoms with Crippen molar-refractivity contribution in [2.75, 3.05) is 26.2 Å². The van der Waals surface area contributed by atoms with Gasteiger partial charge in [0.1, 0.15) is 5.82 Å². The van der Waals surface area contributed by atoms with Gasteiger partial charge in [0.2, 0.25) is 0 Å². The van der Waals surface area contributed by atoms with Gasteiger partial charge in [0.05, 0.1) is 0 Å². The van der Waals surface area contributed by atoms with Crippen LogP contribution >= 0.6 is 0 Å². The van der Waals surface area contributed by atoms with E-state index in [9.17, 15) is 18.8 Å². The van der Waals surface area contributed by atoms with Crippen molar-refractivity contribution in [2.45, 2.75) is 32.4 Å². The predicted molar refractivity (Wildman–Crippen MR) is 119 cm³/mol. The van der Waals surface area contributed by atoms with E-state index in [1.807, 2.05) is 12.1 Å². The van der Waals surface area contributed by atoms with Gasteiger partial charge in [-0.15, -0.1) is 0 Å². The number of rotatable bonds is 5. The second kappa shape index (κ2) is 9.48. The largest absolute Gasteiger partial charge is 0.351 e. The maximum atomic E-state index is 13.7. The number of carbonyl (C=O) groups is 3. The molecule has 0 aliphatic carbocycles. The molecule has 1 saturated heterocycles. The molecule has 3 amide bonds. The first-order valence-electron chi connectivity index (χ1n) is 10.6. The second-order valence-corrected chi connectivity index (χ2v) is 8.79. The third-order valence-corrected chi connectivity index (χ3v) is 5.44. The summed E-state index contributed by atoms with van der Waals surface area (Å²) in [6.45, 7) is 7.01. The zero-order valence-electron chi connectivity index (χ0n) is 18.6. The van der Waals surface area contributed by atoms with Gasteiger partial charge in [-0.2, -0.15) is 0 Å². The van der Waals surface area contributed by atoms with Crippen LogP contribution in [0.4, 0.5) is 4.39 Å². The van der Waals surface area contributed by atoms with Crippen molar-refractivity contribution < 1.29 is 18.8 Å². The summed E-state index contributed by atoms with van der Waals surface area (Å²) in [7, 11) is 0. The van der Waals surface area contributed by atoms with Crippen LogP contribution in [0.25, 0.3) is 0 Å². The lowest BCUT2D eigenvalue weighted by molar-refractivity contribution is -0.128. The van der Waals surface area contributed by atoms with E-state index < -0.39 is 23.8 Å². The third kappa shape index (κ3) is 4.96. The van der Waals surface area contributed by atoms with Crippen LogP contribution in [-0.2, 0) is 10.2 Å². The first-order valence-corrected chi connectivity index (χ1v) is 10.6. The van der Waals surface area contributed by atoms with Crippen LogP contribution < -0.4 is 11.1 Å². The van der Waals surface area contributed by atoms with Crippen molar-refractivity contribution in [1.29, 1.82) is 0 Å². The van der Waals surface area contributed by atoms with E-state index in [1.54, 1.807) is 12.1 Å². The van der Waals surface area contributed by atoms with Crippen molar-refractivity contribution in [3.8, 4) is 0 Å². The average molecular weight is 441 g/mol. The van der Waals surface area contributed by atoms with Gasteiger partial charge < -0.3 is 20.9 Å². The minimum absolute atomic E-state index is 0.0615. The molecule has 170 valence electrons. The van der Waals surface area contributed by atoms with Crippen LogP contribution in [0.2, 0.25) is 0 Å². The molecule has 0 radical (unpaired) electrons. The summed E-state index contributed by atoms with van der Waals surface area (Å²) in [6.07, 6.45) is -1.15. The molecule has 0 bridgehead atoms. The van der Waals surface area contributed by atoms with Crippen molar-refractivity contribution in [3.63, 3.8) is 0 Å². The molecule has 0 saturated carbocycles. The predicted octanol–water partition coefficient (Wildman–Crippen LogP) is 2.12. The first kappa shape index (κ1) is 23.4. The summed E-state index contributed by atoms with van der Waals surface area (Å²) < 4.78 is 13.7. The lowest BCUT2D eigenvalue weighted by Gasteiger charge is -2.29. The molecule has 1 fully saturated rings. The highest BCUT2D eigenvalue weighted by atomic mass is 19.1. The SMILES string of the molecule is CC(C)(C)c1ccc(C(=O)N2CCN(C(=O)c3cccc(F)c3)C2C(=O)NCCN)cc1. The Bertz CT molecular complexity index is 1000. The van der Waals surface area contributed by atoms with Crippen molar-refractivity contribution in [1.82, 2.24) is 15.1 Å². The summed E-state index contributed by atoms with van der Waals surface area (Å²) in [5.74, 6) is -1.92. The van der Waals surface area contributed by atoms with Gasteiger partial charge in [0, 0.05) is 37.3 Å². The fraction of sp³-hybridized carbons (Fsp3) is 0.375. The standard InChI is InChI=1S/C24H29FN4O3/c1-24(2,3)18-9-7-16(8-10-18)22(31)28-13-14-29(21(28)20(30)27-12-11-26)23(32)17-5-4-6-19(25)15-17/h4-10,15,21H,11-14,26H2,1-3H3,(H,27,30). The number of halogens is 1. The monoisotopic (exact) mass is 440 g/mol. The lowest BCUT2D eigenvalue weighted by atomic mass is 9.86.